The summed E-state index contributed by atoms with van der Waals surface area (Å²) in [6, 6.07) is 0. The zero-order chi connectivity index (χ0) is 12.7. The molecule has 0 spiro atoms. The monoisotopic (exact) mass is 240 g/mol. The third-order valence-corrected chi connectivity index (χ3v) is 2.17. The molecule has 0 bridgehead atoms. The molecule has 0 fully saturated rings. The summed E-state index contributed by atoms with van der Waals surface area (Å²) < 4.78 is 6.82. The van der Waals surface area contributed by atoms with Crippen LogP contribution < -0.4 is 11.1 Å². The maximum absolute atomic E-state index is 11.7. The van der Waals surface area contributed by atoms with Gasteiger partial charge in [0.1, 0.15) is 0 Å². The van der Waals surface area contributed by atoms with E-state index in [2.05, 4.69) is 17.3 Å². The highest BCUT2D eigenvalue weighted by Crippen LogP contribution is 2.07. The number of rotatable bonds is 7. The van der Waals surface area contributed by atoms with Crippen LogP contribution in [0.25, 0.3) is 0 Å². The summed E-state index contributed by atoms with van der Waals surface area (Å²) in [7, 11) is 1.73. The molecule has 3 N–H and O–H groups in total. The lowest BCUT2D eigenvalue weighted by Gasteiger charge is -2.04. The predicted molar refractivity (Wildman–Crippen MR) is 65.7 cm³/mol. The summed E-state index contributed by atoms with van der Waals surface area (Å²) in [6.07, 6.45) is 3.41. The molecular weight excluding hydrogens is 220 g/mol. The zero-order valence-corrected chi connectivity index (χ0v) is 10.4. The van der Waals surface area contributed by atoms with Crippen LogP contribution in [-0.2, 0) is 11.8 Å². The molecule has 6 heteroatoms. The van der Waals surface area contributed by atoms with Gasteiger partial charge in [-0.05, 0) is 12.8 Å². The first kappa shape index (κ1) is 13.5. The van der Waals surface area contributed by atoms with Crippen LogP contribution in [0.3, 0.4) is 0 Å². The number of anilines is 1. The van der Waals surface area contributed by atoms with E-state index in [1.807, 2.05) is 0 Å². The van der Waals surface area contributed by atoms with Crippen molar-refractivity contribution in [3.8, 4) is 0 Å². The first-order chi connectivity index (χ1) is 8.15. The highest BCUT2D eigenvalue weighted by Gasteiger charge is 2.12. The molecule has 6 nitrogen and oxygen atoms in total. The van der Waals surface area contributed by atoms with Crippen LogP contribution in [0.1, 0.15) is 30.3 Å². The number of nitrogen functional groups attached to an aromatic ring is 1. The van der Waals surface area contributed by atoms with Crippen LogP contribution in [0.15, 0.2) is 6.20 Å². The minimum Gasteiger partial charge on any atom is -0.396 e. The van der Waals surface area contributed by atoms with Gasteiger partial charge in [0.2, 0.25) is 0 Å². The van der Waals surface area contributed by atoms with E-state index in [0.29, 0.717) is 18.8 Å². The van der Waals surface area contributed by atoms with Crippen LogP contribution in [-0.4, -0.2) is 35.4 Å². The number of aromatic nitrogens is 2. The Hall–Kier alpha value is -1.56. The third-order valence-electron chi connectivity index (χ3n) is 2.17. The summed E-state index contributed by atoms with van der Waals surface area (Å²) >= 11 is 0. The molecule has 0 aromatic carbocycles. The molecule has 0 aliphatic heterocycles. The molecule has 0 aliphatic carbocycles. The third kappa shape index (κ3) is 4.44. The average molecular weight is 240 g/mol. The summed E-state index contributed by atoms with van der Waals surface area (Å²) in [4.78, 5) is 11.7. The number of carbonyl (C=O) groups excluding carboxylic acids is 1. The molecule has 1 heterocycles. The number of amides is 1. The van der Waals surface area contributed by atoms with E-state index in [1.165, 1.54) is 4.68 Å². The number of aryl methyl sites for hydroxylation is 1. The minimum atomic E-state index is -0.237. The Morgan fingerprint density at radius 2 is 2.35 bits per heavy atom. The molecule has 0 unspecified atom stereocenters. The first-order valence-corrected chi connectivity index (χ1v) is 5.80. The van der Waals surface area contributed by atoms with E-state index in [-0.39, 0.29) is 11.6 Å². The van der Waals surface area contributed by atoms with Crippen molar-refractivity contribution in [2.45, 2.75) is 19.8 Å². The second kappa shape index (κ2) is 6.90. The number of nitrogens with zero attached hydrogens (tertiary/aromatic N) is 2. The van der Waals surface area contributed by atoms with Gasteiger partial charge < -0.3 is 15.8 Å². The van der Waals surface area contributed by atoms with Crippen LogP contribution in [0.2, 0.25) is 0 Å². The van der Waals surface area contributed by atoms with E-state index in [9.17, 15) is 4.79 Å². The van der Waals surface area contributed by atoms with E-state index in [0.717, 1.165) is 19.4 Å². The van der Waals surface area contributed by atoms with Crippen molar-refractivity contribution in [1.29, 1.82) is 0 Å². The lowest BCUT2D eigenvalue weighted by atomic mass is 10.3. The van der Waals surface area contributed by atoms with E-state index in [1.54, 1.807) is 13.2 Å². The van der Waals surface area contributed by atoms with Gasteiger partial charge in [-0.2, -0.15) is 5.10 Å². The van der Waals surface area contributed by atoms with Crippen molar-refractivity contribution in [1.82, 2.24) is 15.1 Å². The van der Waals surface area contributed by atoms with Crippen molar-refractivity contribution in [2.75, 3.05) is 25.5 Å². The fraction of sp³-hybridized carbons (Fsp3) is 0.636. The van der Waals surface area contributed by atoms with Gasteiger partial charge in [0.25, 0.3) is 5.91 Å². The highest BCUT2D eigenvalue weighted by molar-refractivity contribution is 5.96. The van der Waals surface area contributed by atoms with E-state index in [4.69, 9.17) is 10.5 Å². The average Bonchev–Trinajstić information content (AvgIpc) is 2.62. The maximum atomic E-state index is 11.7. The van der Waals surface area contributed by atoms with Crippen LogP contribution >= 0.6 is 0 Å². The number of hydrogen-bond donors (Lipinski definition) is 2. The van der Waals surface area contributed by atoms with Crippen molar-refractivity contribution in [3.05, 3.63) is 11.9 Å². The second-order valence-electron chi connectivity index (χ2n) is 3.83. The molecule has 96 valence electrons. The Bertz CT molecular complexity index is 362. The number of nitrogens with two attached hydrogens (primary N) is 1. The Kier molecular flexibility index (Phi) is 5.48. The lowest BCUT2D eigenvalue weighted by molar-refractivity contribution is 0.0936. The normalized spacial score (nSPS) is 10.5. The topological polar surface area (TPSA) is 82.2 Å². The SMILES string of the molecule is CCCOCCCNC(=O)c1nn(C)cc1N. The molecule has 0 saturated heterocycles. The van der Waals surface area contributed by atoms with Crippen molar-refractivity contribution >= 4 is 11.6 Å². The van der Waals surface area contributed by atoms with E-state index < -0.39 is 0 Å². The molecule has 1 aromatic heterocycles. The largest absolute Gasteiger partial charge is 0.396 e. The maximum Gasteiger partial charge on any atom is 0.273 e. The molecule has 1 rings (SSSR count). The fourth-order valence-electron chi connectivity index (χ4n) is 1.39. The molecule has 1 amide bonds. The number of hydrogen-bond acceptors (Lipinski definition) is 4. The van der Waals surface area contributed by atoms with Gasteiger partial charge in [-0.25, -0.2) is 0 Å². The van der Waals surface area contributed by atoms with E-state index >= 15 is 0 Å². The number of ether oxygens (including phenoxy) is 1. The number of nitrogens with one attached hydrogen (secondary N) is 1. The minimum absolute atomic E-state index is 0.237. The van der Waals surface area contributed by atoms with Gasteiger partial charge in [0.05, 0.1) is 5.69 Å². The Balaban J connectivity index is 2.23. The van der Waals surface area contributed by atoms with Crippen molar-refractivity contribution < 1.29 is 9.53 Å². The standard InChI is InChI=1S/C11H20N4O2/c1-3-6-17-7-4-5-13-11(16)10-9(12)8-15(2)14-10/h8H,3-7,12H2,1-2H3,(H,13,16). The quantitative estimate of drug-likeness (QED) is 0.682. The van der Waals surface area contributed by atoms with Crippen molar-refractivity contribution in [3.63, 3.8) is 0 Å². The summed E-state index contributed by atoms with van der Waals surface area (Å²) in [5.41, 5.74) is 6.32. The van der Waals surface area contributed by atoms with Crippen LogP contribution in [0.4, 0.5) is 5.69 Å². The van der Waals surface area contributed by atoms with Crippen LogP contribution in [0, 0.1) is 0 Å². The summed E-state index contributed by atoms with van der Waals surface area (Å²) in [6.45, 7) is 4.05. The number of carbonyl (C=O) groups is 1. The van der Waals surface area contributed by atoms with Crippen molar-refractivity contribution in [2.24, 2.45) is 7.05 Å². The smallest absolute Gasteiger partial charge is 0.273 e. The molecule has 0 atom stereocenters. The fourth-order valence-corrected chi connectivity index (χ4v) is 1.39. The van der Waals surface area contributed by atoms with Gasteiger partial charge in [-0.15, -0.1) is 0 Å². The Morgan fingerprint density at radius 1 is 1.59 bits per heavy atom. The Morgan fingerprint density at radius 3 is 2.94 bits per heavy atom. The van der Waals surface area contributed by atoms with Crippen LogP contribution in [0.5, 0.6) is 0 Å². The molecular formula is C11H20N4O2. The van der Waals surface area contributed by atoms with Gasteiger partial charge >= 0.3 is 0 Å². The first-order valence-electron chi connectivity index (χ1n) is 5.80. The summed E-state index contributed by atoms with van der Waals surface area (Å²) in [5, 5.41) is 6.74. The van der Waals surface area contributed by atoms with Gasteiger partial charge in [-0.1, -0.05) is 6.92 Å². The van der Waals surface area contributed by atoms with Gasteiger partial charge in [-0.3, -0.25) is 9.48 Å². The lowest BCUT2D eigenvalue weighted by Crippen LogP contribution is -2.26. The second-order valence-corrected chi connectivity index (χ2v) is 3.83. The predicted octanol–water partition coefficient (Wildman–Crippen LogP) is 0.549. The van der Waals surface area contributed by atoms with Gasteiger partial charge in [0, 0.05) is 33.0 Å². The summed E-state index contributed by atoms with van der Waals surface area (Å²) in [5.74, 6) is -0.237. The molecule has 0 radical (unpaired) electrons. The molecule has 0 saturated carbocycles. The molecule has 1 aromatic rings. The molecule has 17 heavy (non-hydrogen) atoms. The van der Waals surface area contributed by atoms with Gasteiger partial charge in [0.15, 0.2) is 5.69 Å². The Labute approximate surface area is 101 Å². The molecule has 0 aliphatic rings. The highest BCUT2D eigenvalue weighted by atomic mass is 16.5. The zero-order valence-electron chi connectivity index (χ0n) is 10.4.